The van der Waals surface area contributed by atoms with Gasteiger partial charge in [-0.3, -0.25) is 0 Å². The number of nitrogens with zero attached hydrogens (tertiary/aromatic N) is 2. The molecule has 0 saturated heterocycles. The zero-order valence-corrected chi connectivity index (χ0v) is 27.4. The van der Waals surface area contributed by atoms with E-state index < -0.39 is 0 Å². The molecule has 0 spiro atoms. The van der Waals surface area contributed by atoms with Gasteiger partial charge in [0.2, 0.25) is 0 Å². The van der Waals surface area contributed by atoms with Crippen molar-refractivity contribution in [2.24, 2.45) is 0 Å². The molecule has 0 aliphatic heterocycles. The Balaban J connectivity index is 1.47. The predicted octanol–water partition coefficient (Wildman–Crippen LogP) is 8.16. The molecule has 6 nitrogen and oxygen atoms in total. The summed E-state index contributed by atoms with van der Waals surface area (Å²) in [6.45, 7) is 16.2. The Morgan fingerprint density at radius 2 is 0.907 bits per heavy atom. The van der Waals surface area contributed by atoms with Crippen LogP contribution in [0.5, 0.6) is 0 Å². The minimum absolute atomic E-state index is 0.264. The summed E-state index contributed by atoms with van der Waals surface area (Å²) < 4.78 is 11.3. The smallest absolute Gasteiger partial charge is 0.338 e. The lowest BCUT2D eigenvalue weighted by molar-refractivity contribution is 0.0478. The number of carbonyl (C=O) groups is 2. The van der Waals surface area contributed by atoms with Crippen molar-refractivity contribution in [3.8, 4) is 11.1 Å². The minimum atomic E-state index is -0.264. The molecule has 0 radical (unpaired) electrons. The molecule has 1 aliphatic rings. The molecule has 0 atom stereocenters. The van der Waals surface area contributed by atoms with Crippen LogP contribution in [0.1, 0.15) is 124 Å². The van der Waals surface area contributed by atoms with Crippen LogP contribution in [-0.2, 0) is 15.9 Å². The Labute approximate surface area is 261 Å². The standard InChI is InChI=1S/C37H56N2O4/c1-5-9-19-38(20-10-6-2)23-13-25-42-36(40)30-15-17-34-32(27-30)29-33-28-31(16-18-35(33)34)37(41)43-26-14-24-39(21-11-7-3)22-12-8-4/h15-18,27-28H,5-14,19-26,29H2,1-4H3. The van der Waals surface area contributed by atoms with Gasteiger partial charge in [0.1, 0.15) is 0 Å². The Morgan fingerprint density at radius 1 is 0.558 bits per heavy atom. The fourth-order valence-electron chi connectivity index (χ4n) is 5.73. The number of benzene rings is 2. The SMILES string of the molecule is CCCCN(CCCC)CCCOC(=O)c1ccc2c(c1)Cc1cc(C(=O)OCCCN(CCCC)CCCC)ccc1-2. The van der Waals surface area contributed by atoms with Gasteiger partial charge in [-0.15, -0.1) is 0 Å². The van der Waals surface area contributed by atoms with Gasteiger partial charge in [0.25, 0.3) is 0 Å². The molecule has 2 aromatic carbocycles. The number of fused-ring (bicyclic) bond motifs is 3. The molecule has 0 heterocycles. The van der Waals surface area contributed by atoms with Crippen molar-refractivity contribution < 1.29 is 19.1 Å². The van der Waals surface area contributed by atoms with Gasteiger partial charge in [-0.2, -0.15) is 0 Å². The van der Waals surface area contributed by atoms with Gasteiger partial charge in [-0.1, -0.05) is 65.5 Å². The number of ether oxygens (including phenoxy) is 2. The van der Waals surface area contributed by atoms with Crippen molar-refractivity contribution in [2.45, 2.75) is 98.3 Å². The van der Waals surface area contributed by atoms with E-state index >= 15 is 0 Å². The summed E-state index contributed by atoms with van der Waals surface area (Å²) >= 11 is 0. The number of unbranched alkanes of at least 4 members (excludes halogenated alkanes) is 4. The molecule has 0 bridgehead atoms. The van der Waals surface area contributed by atoms with Crippen LogP contribution in [0.3, 0.4) is 0 Å². The summed E-state index contributed by atoms with van der Waals surface area (Å²) in [6.07, 6.45) is 12.0. The summed E-state index contributed by atoms with van der Waals surface area (Å²) in [4.78, 5) is 30.6. The maximum Gasteiger partial charge on any atom is 0.338 e. The van der Waals surface area contributed by atoms with Crippen LogP contribution in [0.15, 0.2) is 36.4 Å². The highest BCUT2D eigenvalue weighted by molar-refractivity contribution is 5.93. The van der Waals surface area contributed by atoms with Crippen LogP contribution in [0.25, 0.3) is 11.1 Å². The van der Waals surface area contributed by atoms with E-state index in [0.29, 0.717) is 30.8 Å². The normalized spacial score (nSPS) is 12.0. The second kappa shape index (κ2) is 19.6. The maximum absolute atomic E-state index is 12.8. The zero-order valence-electron chi connectivity index (χ0n) is 27.4. The minimum Gasteiger partial charge on any atom is -0.462 e. The first kappa shape index (κ1) is 34.8. The third kappa shape index (κ3) is 11.4. The van der Waals surface area contributed by atoms with Gasteiger partial charge in [0.15, 0.2) is 0 Å². The lowest BCUT2D eigenvalue weighted by Crippen LogP contribution is -2.28. The molecule has 238 valence electrons. The third-order valence-corrected chi connectivity index (χ3v) is 8.37. The molecule has 43 heavy (non-hydrogen) atoms. The molecule has 0 amide bonds. The lowest BCUT2D eigenvalue weighted by Gasteiger charge is -2.21. The lowest BCUT2D eigenvalue weighted by atomic mass is 10.0. The van der Waals surface area contributed by atoms with Crippen molar-refractivity contribution in [3.63, 3.8) is 0 Å². The van der Waals surface area contributed by atoms with E-state index in [1.165, 1.54) is 51.4 Å². The number of hydrogen-bond donors (Lipinski definition) is 0. The second-order valence-corrected chi connectivity index (χ2v) is 12.0. The van der Waals surface area contributed by atoms with E-state index in [2.05, 4.69) is 37.5 Å². The third-order valence-electron chi connectivity index (χ3n) is 8.37. The Kier molecular flexibility index (Phi) is 15.8. The van der Waals surface area contributed by atoms with E-state index in [1.807, 2.05) is 36.4 Å². The monoisotopic (exact) mass is 592 g/mol. The number of rotatable bonds is 22. The van der Waals surface area contributed by atoms with E-state index in [0.717, 1.165) is 74.4 Å². The molecule has 1 aliphatic carbocycles. The summed E-state index contributed by atoms with van der Waals surface area (Å²) in [6, 6.07) is 11.6. The van der Waals surface area contributed by atoms with E-state index in [9.17, 15) is 9.59 Å². The summed E-state index contributed by atoms with van der Waals surface area (Å²) in [5.41, 5.74) is 5.61. The van der Waals surface area contributed by atoms with Crippen molar-refractivity contribution in [3.05, 3.63) is 58.7 Å². The highest BCUT2D eigenvalue weighted by Crippen LogP contribution is 2.37. The Morgan fingerprint density at radius 3 is 1.26 bits per heavy atom. The quantitative estimate of drug-likeness (QED) is 0.0867. The molecule has 6 heteroatoms. The van der Waals surface area contributed by atoms with Crippen molar-refractivity contribution in [2.75, 3.05) is 52.5 Å². The number of carbonyl (C=O) groups excluding carboxylic acids is 2. The van der Waals surface area contributed by atoms with E-state index in [-0.39, 0.29) is 11.9 Å². The summed E-state index contributed by atoms with van der Waals surface area (Å²) in [5.74, 6) is -0.528. The fourth-order valence-corrected chi connectivity index (χ4v) is 5.73. The van der Waals surface area contributed by atoms with E-state index in [4.69, 9.17) is 9.47 Å². The molecule has 0 saturated carbocycles. The highest BCUT2D eigenvalue weighted by Gasteiger charge is 2.22. The van der Waals surface area contributed by atoms with Crippen molar-refractivity contribution >= 4 is 11.9 Å². The average molecular weight is 593 g/mol. The first-order valence-electron chi connectivity index (χ1n) is 17.1. The summed E-state index contributed by atoms with van der Waals surface area (Å²) in [5, 5.41) is 0. The van der Waals surface area contributed by atoms with Gasteiger partial charge in [0.05, 0.1) is 24.3 Å². The van der Waals surface area contributed by atoms with Crippen LogP contribution in [0, 0.1) is 0 Å². The Bertz CT molecular complexity index is 1030. The average Bonchev–Trinajstić information content (AvgIpc) is 3.39. The maximum atomic E-state index is 12.8. The van der Waals surface area contributed by atoms with Crippen LogP contribution < -0.4 is 0 Å². The molecule has 2 aromatic rings. The van der Waals surface area contributed by atoms with Crippen LogP contribution in [0.2, 0.25) is 0 Å². The topological polar surface area (TPSA) is 59.1 Å². The van der Waals surface area contributed by atoms with Crippen molar-refractivity contribution in [1.29, 1.82) is 0 Å². The van der Waals surface area contributed by atoms with Gasteiger partial charge in [-0.05, 0) is 118 Å². The van der Waals surface area contributed by atoms with Gasteiger partial charge >= 0.3 is 11.9 Å². The second-order valence-electron chi connectivity index (χ2n) is 12.0. The molecule has 3 rings (SSSR count). The molecule has 0 fully saturated rings. The van der Waals surface area contributed by atoms with Crippen LogP contribution >= 0.6 is 0 Å². The van der Waals surface area contributed by atoms with Gasteiger partial charge < -0.3 is 19.3 Å². The number of esters is 2. The fraction of sp³-hybridized carbons (Fsp3) is 0.622. The van der Waals surface area contributed by atoms with E-state index in [1.54, 1.807) is 0 Å². The molecular formula is C37H56N2O4. The highest BCUT2D eigenvalue weighted by atomic mass is 16.5. The first-order valence-corrected chi connectivity index (χ1v) is 17.1. The van der Waals surface area contributed by atoms with Crippen LogP contribution in [-0.4, -0.2) is 74.2 Å². The van der Waals surface area contributed by atoms with Gasteiger partial charge in [0, 0.05) is 13.1 Å². The van der Waals surface area contributed by atoms with Crippen molar-refractivity contribution in [1.82, 2.24) is 9.80 Å². The largest absolute Gasteiger partial charge is 0.462 e. The van der Waals surface area contributed by atoms with Gasteiger partial charge in [-0.25, -0.2) is 9.59 Å². The molecule has 0 N–H and O–H groups in total. The predicted molar refractivity (Wildman–Crippen MR) is 177 cm³/mol. The Hall–Kier alpha value is -2.70. The zero-order chi connectivity index (χ0) is 30.9. The summed E-state index contributed by atoms with van der Waals surface area (Å²) in [7, 11) is 0. The number of hydrogen-bond acceptors (Lipinski definition) is 6. The van der Waals surface area contributed by atoms with Crippen LogP contribution in [0.4, 0.5) is 0 Å². The first-order chi connectivity index (χ1) is 21.0. The molecule has 0 unspecified atom stereocenters. The molecular weight excluding hydrogens is 536 g/mol. The molecule has 0 aromatic heterocycles.